The van der Waals surface area contributed by atoms with E-state index in [1.165, 1.54) is 0 Å². The van der Waals surface area contributed by atoms with Gasteiger partial charge in [-0.3, -0.25) is 19.2 Å². The highest BCUT2D eigenvalue weighted by atomic mass is 16.5. The number of amides is 1. The maximum Gasteiger partial charge on any atom is 0.324 e. The molecule has 0 bridgehead atoms. The summed E-state index contributed by atoms with van der Waals surface area (Å²) in [5.41, 5.74) is 20.4. The molecule has 1 amide bonds. The Bertz CT molecular complexity index is 442. The Labute approximate surface area is 139 Å². The number of rotatable bonds is 9. The molecule has 0 aromatic carbocycles. The number of carbonyl (C=O) groups excluding carboxylic acids is 2. The lowest BCUT2D eigenvalue weighted by molar-refractivity contribution is -0.150. The molecular formula is C13H26N4O7. The van der Waals surface area contributed by atoms with Crippen molar-refractivity contribution in [3.63, 3.8) is 0 Å². The minimum absolute atomic E-state index is 0.0213. The fourth-order valence-electron chi connectivity index (χ4n) is 1.03. The van der Waals surface area contributed by atoms with Gasteiger partial charge in [0, 0.05) is 6.42 Å². The Balaban J connectivity index is 0. The third-order valence-electron chi connectivity index (χ3n) is 2.73. The number of carboxylic acids is 2. The third-order valence-corrected chi connectivity index (χ3v) is 2.73. The molecule has 0 aliphatic rings. The van der Waals surface area contributed by atoms with Gasteiger partial charge in [-0.05, 0) is 12.3 Å². The van der Waals surface area contributed by atoms with Gasteiger partial charge in [0.15, 0.2) is 0 Å². The smallest absolute Gasteiger partial charge is 0.324 e. The summed E-state index contributed by atoms with van der Waals surface area (Å²) in [6.45, 7) is 3.18. The van der Waals surface area contributed by atoms with E-state index in [4.69, 9.17) is 33.1 Å². The maximum atomic E-state index is 11.1. The van der Waals surface area contributed by atoms with Crippen LogP contribution in [0.2, 0.25) is 0 Å². The van der Waals surface area contributed by atoms with E-state index in [9.17, 15) is 19.2 Å². The second-order valence-electron chi connectivity index (χ2n) is 5.29. The Morgan fingerprint density at radius 2 is 1.42 bits per heavy atom. The fourth-order valence-corrected chi connectivity index (χ4v) is 1.03. The van der Waals surface area contributed by atoms with Crippen LogP contribution in [0.4, 0.5) is 0 Å². The molecule has 0 aliphatic heterocycles. The number of esters is 1. The minimum Gasteiger partial charge on any atom is -0.480 e. The van der Waals surface area contributed by atoms with Crippen LogP contribution in [-0.4, -0.2) is 58.8 Å². The lowest BCUT2D eigenvalue weighted by atomic mass is 10.1. The van der Waals surface area contributed by atoms with E-state index < -0.39 is 41.9 Å². The molecule has 11 heteroatoms. The average Bonchev–Trinajstić information content (AvgIpc) is 2.48. The number of primary amides is 1. The van der Waals surface area contributed by atoms with E-state index in [2.05, 4.69) is 4.74 Å². The van der Waals surface area contributed by atoms with Crippen LogP contribution >= 0.6 is 0 Å². The van der Waals surface area contributed by atoms with Gasteiger partial charge in [-0.2, -0.15) is 0 Å². The van der Waals surface area contributed by atoms with E-state index in [1.54, 1.807) is 13.8 Å². The van der Waals surface area contributed by atoms with Gasteiger partial charge in [0.05, 0.1) is 0 Å². The predicted octanol–water partition coefficient (Wildman–Crippen LogP) is -2.41. The van der Waals surface area contributed by atoms with Crippen molar-refractivity contribution in [2.75, 3.05) is 6.61 Å². The molecule has 11 nitrogen and oxygen atoms in total. The van der Waals surface area contributed by atoms with Crippen LogP contribution in [-0.2, 0) is 23.9 Å². The summed E-state index contributed by atoms with van der Waals surface area (Å²) in [6, 6.07) is -2.91. The first-order valence-electron chi connectivity index (χ1n) is 7.07. The van der Waals surface area contributed by atoms with E-state index in [1.807, 2.05) is 0 Å². The Morgan fingerprint density at radius 1 is 0.958 bits per heavy atom. The highest BCUT2D eigenvalue weighted by molar-refractivity contribution is 5.77. The maximum absolute atomic E-state index is 11.1. The third kappa shape index (κ3) is 12.3. The van der Waals surface area contributed by atoms with Crippen molar-refractivity contribution in [1.29, 1.82) is 0 Å². The van der Waals surface area contributed by atoms with Crippen LogP contribution in [0.1, 0.15) is 26.7 Å². The largest absolute Gasteiger partial charge is 0.480 e. The molecule has 0 radical (unpaired) electrons. The van der Waals surface area contributed by atoms with Crippen LogP contribution in [0.5, 0.6) is 0 Å². The van der Waals surface area contributed by atoms with Crippen LogP contribution in [0.3, 0.4) is 0 Å². The summed E-state index contributed by atoms with van der Waals surface area (Å²) >= 11 is 0. The number of aliphatic carboxylic acids is 2. The van der Waals surface area contributed by atoms with Crippen molar-refractivity contribution in [2.24, 2.45) is 28.9 Å². The number of carboxylic acid groups (broad SMARTS) is 2. The molecular weight excluding hydrogens is 324 g/mol. The summed E-state index contributed by atoms with van der Waals surface area (Å²) in [4.78, 5) is 41.5. The molecule has 0 fully saturated rings. The molecule has 0 aliphatic carbocycles. The molecule has 0 aromatic rings. The minimum atomic E-state index is -1.21. The molecule has 0 saturated carbocycles. The number of ether oxygens (including phenoxy) is 1. The highest BCUT2D eigenvalue weighted by Crippen LogP contribution is 2.00. The molecule has 0 rings (SSSR count). The number of hydrogen-bond acceptors (Lipinski definition) is 8. The van der Waals surface area contributed by atoms with Gasteiger partial charge in [-0.15, -0.1) is 0 Å². The summed E-state index contributed by atoms with van der Waals surface area (Å²) in [7, 11) is 0. The van der Waals surface area contributed by atoms with Gasteiger partial charge in [0.1, 0.15) is 24.7 Å². The van der Waals surface area contributed by atoms with Gasteiger partial charge in [0.25, 0.3) is 0 Å². The zero-order valence-corrected chi connectivity index (χ0v) is 13.7. The predicted molar refractivity (Wildman–Crippen MR) is 83.4 cm³/mol. The van der Waals surface area contributed by atoms with Gasteiger partial charge in [-0.25, -0.2) is 0 Å². The van der Waals surface area contributed by atoms with Crippen LogP contribution in [0, 0.1) is 5.92 Å². The van der Waals surface area contributed by atoms with Gasteiger partial charge < -0.3 is 37.9 Å². The summed E-state index contributed by atoms with van der Waals surface area (Å²) < 4.78 is 4.62. The van der Waals surface area contributed by atoms with Gasteiger partial charge in [0.2, 0.25) is 5.91 Å². The molecule has 0 spiro atoms. The van der Waals surface area contributed by atoms with Crippen LogP contribution in [0.15, 0.2) is 0 Å². The number of carbonyl (C=O) groups is 4. The van der Waals surface area contributed by atoms with E-state index >= 15 is 0 Å². The first-order chi connectivity index (χ1) is 10.9. The summed E-state index contributed by atoms with van der Waals surface area (Å²) in [5.74, 6) is -3.53. The first kappa shape index (κ1) is 24.0. The highest BCUT2D eigenvalue weighted by Gasteiger charge is 2.21. The average molecular weight is 350 g/mol. The molecule has 24 heavy (non-hydrogen) atoms. The molecule has 0 unspecified atom stereocenters. The van der Waals surface area contributed by atoms with Crippen molar-refractivity contribution in [3.05, 3.63) is 0 Å². The lowest BCUT2D eigenvalue weighted by Crippen LogP contribution is -2.41. The standard InChI is InChI=1S/C8H16N2O4.C5H10N2O3/c1-4(2)6(10)8(13)14-3-5(9)7(11)12;6-3(5(9)10)1-2-4(7)8/h4-6H,3,9-10H2,1-2H3,(H,11,12);3H,1-2,6H2,(H2,7,8)(H,9,10)/t5-,6-;3-/m00/s1. The lowest BCUT2D eigenvalue weighted by Gasteiger charge is -2.15. The molecule has 140 valence electrons. The van der Waals surface area contributed by atoms with Crippen LogP contribution in [0.25, 0.3) is 0 Å². The van der Waals surface area contributed by atoms with Crippen molar-refractivity contribution < 1.29 is 34.1 Å². The Morgan fingerprint density at radius 3 is 1.75 bits per heavy atom. The molecule has 3 atom stereocenters. The SMILES string of the molecule is CC(C)[C@H](N)C(=O)OC[C@H](N)C(=O)O.NC(=O)CC[C@H](N)C(=O)O. The van der Waals surface area contributed by atoms with Crippen molar-refractivity contribution >= 4 is 23.8 Å². The zero-order valence-electron chi connectivity index (χ0n) is 13.7. The van der Waals surface area contributed by atoms with Crippen molar-refractivity contribution in [1.82, 2.24) is 0 Å². The zero-order chi connectivity index (χ0) is 19.4. The van der Waals surface area contributed by atoms with E-state index in [-0.39, 0.29) is 25.4 Å². The normalized spacial score (nSPS) is 13.9. The number of nitrogens with two attached hydrogens (primary N) is 4. The second-order valence-corrected chi connectivity index (χ2v) is 5.29. The van der Waals surface area contributed by atoms with Crippen LogP contribution < -0.4 is 22.9 Å². The van der Waals surface area contributed by atoms with Gasteiger partial charge >= 0.3 is 17.9 Å². The molecule has 0 heterocycles. The number of hydrogen-bond donors (Lipinski definition) is 6. The van der Waals surface area contributed by atoms with Crippen molar-refractivity contribution in [3.8, 4) is 0 Å². The first-order valence-corrected chi connectivity index (χ1v) is 7.07. The van der Waals surface area contributed by atoms with Crippen molar-refractivity contribution in [2.45, 2.75) is 44.8 Å². The Kier molecular flexibility index (Phi) is 12.2. The van der Waals surface area contributed by atoms with E-state index in [0.717, 1.165) is 0 Å². The van der Waals surface area contributed by atoms with E-state index in [0.29, 0.717) is 0 Å². The quantitative estimate of drug-likeness (QED) is 0.241. The Hall–Kier alpha value is -2.24. The second kappa shape index (κ2) is 12.2. The monoisotopic (exact) mass is 350 g/mol. The summed E-state index contributed by atoms with van der Waals surface area (Å²) in [5, 5.41) is 16.6. The molecule has 0 aromatic heterocycles. The fraction of sp³-hybridized carbons (Fsp3) is 0.692. The molecule has 10 N–H and O–H groups in total. The topological polar surface area (TPSA) is 222 Å². The summed E-state index contributed by atoms with van der Waals surface area (Å²) in [6.07, 6.45) is 0.123. The van der Waals surface area contributed by atoms with Gasteiger partial charge in [-0.1, -0.05) is 13.8 Å². The molecule has 0 saturated heterocycles.